The van der Waals surface area contributed by atoms with Gasteiger partial charge in [-0.2, -0.15) is 0 Å². The van der Waals surface area contributed by atoms with Gasteiger partial charge in [0.1, 0.15) is 0 Å². The van der Waals surface area contributed by atoms with Crippen LogP contribution in [0.4, 0.5) is 5.69 Å². The summed E-state index contributed by atoms with van der Waals surface area (Å²) in [6.07, 6.45) is 3.99. The summed E-state index contributed by atoms with van der Waals surface area (Å²) >= 11 is 6.06. The zero-order valence-corrected chi connectivity index (χ0v) is 11.3. The molecular formula is C14H20ClNO. The molecule has 0 saturated heterocycles. The molecule has 0 amide bonds. The highest BCUT2D eigenvalue weighted by Gasteiger charge is 2.19. The number of Topliss-reactive ketones (excluding diaryl/α,β-unsaturated/α-hetero) is 1. The molecule has 1 rings (SSSR count). The summed E-state index contributed by atoms with van der Waals surface area (Å²) < 4.78 is 0. The van der Waals surface area contributed by atoms with E-state index < -0.39 is 0 Å². The Hall–Kier alpha value is -1.02. The van der Waals surface area contributed by atoms with Gasteiger partial charge < -0.3 is 5.73 Å². The third-order valence-electron chi connectivity index (χ3n) is 3.03. The minimum absolute atomic E-state index is 0.0797. The molecule has 0 heterocycles. The summed E-state index contributed by atoms with van der Waals surface area (Å²) in [6, 6.07) is 5.10. The third kappa shape index (κ3) is 3.74. The number of benzene rings is 1. The molecule has 0 radical (unpaired) electrons. The molecule has 3 heteroatoms. The van der Waals surface area contributed by atoms with Crippen LogP contribution in [0.1, 0.15) is 49.9 Å². The van der Waals surface area contributed by atoms with Crippen molar-refractivity contribution in [3.63, 3.8) is 0 Å². The number of hydrogen-bond acceptors (Lipinski definition) is 2. The number of ketones is 1. The van der Waals surface area contributed by atoms with Crippen molar-refractivity contribution in [3.8, 4) is 0 Å². The van der Waals surface area contributed by atoms with Gasteiger partial charge in [-0.05, 0) is 31.0 Å². The summed E-state index contributed by atoms with van der Waals surface area (Å²) in [5.41, 5.74) is 6.81. The first-order chi connectivity index (χ1) is 8.10. The number of nitrogens with two attached hydrogens (primary N) is 1. The van der Waals surface area contributed by atoms with E-state index in [1.165, 1.54) is 0 Å². The van der Waals surface area contributed by atoms with Crippen LogP contribution in [0.25, 0.3) is 0 Å². The van der Waals surface area contributed by atoms with Crippen LogP contribution in [0, 0.1) is 5.92 Å². The second kappa shape index (κ2) is 6.65. The van der Waals surface area contributed by atoms with Gasteiger partial charge in [-0.3, -0.25) is 4.79 Å². The van der Waals surface area contributed by atoms with E-state index >= 15 is 0 Å². The Bertz CT molecular complexity index is 390. The second-order valence-electron chi connectivity index (χ2n) is 4.35. The van der Waals surface area contributed by atoms with Crippen molar-refractivity contribution in [1.82, 2.24) is 0 Å². The highest BCUT2D eigenvalue weighted by Crippen LogP contribution is 2.25. The van der Waals surface area contributed by atoms with Crippen molar-refractivity contribution in [2.75, 3.05) is 5.73 Å². The molecule has 1 atom stereocenters. The van der Waals surface area contributed by atoms with Gasteiger partial charge in [0.15, 0.2) is 5.78 Å². The average Bonchev–Trinajstić information content (AvgIpc) is 2.29. The number of carbonyl (C=O) groups excluding carboxylic acids is 1. The van der Waals surface area contributed by atoms with Crippen molar-refractivity contribution >= 4 is 23.1 Å². The molecule has 0 spiro atoms. The molecule has 1 unspecified atom stereocenters. The smallest absolute Gasteiger partial charge is 0.167 e. The van der Waals surface area contributed by atoms with E-state index in [0.29, 0.717) is 16.3 Å². The van der Waals surface area contributed by atoms with E-state index in [-0.39, 0.29) is 11.7 Å². The maximum absolute atomic E-state index is 12.3. The summed E-state index contributed by atoms with van der Waals surface area (Å²) in [6.45, 7) is 4.18. The van der Waals surface area contributed by atoms with E-state index in [4.69, 9.17) is 17.3 Å². The molecule has 1 aromatic carbocycles. The highest BCUT2D eigenvalue weighted by atomic mass is 35.5. The van der Waals surface area contributed by atoms with Crippen molar-refractivity contribution in [3.05, 3.63) is 28.8 Å². The first-order valence-corrected chi connectivity index (χ1v) is 6.57. The molecule has 0 aliphatic rings. The lowest BCUT2D eigenvalue weighted by molar-refractivity contribution is 0.0908. The predicted octanol–water partition coefficient (Wildman–Crippen LogP) is 4.32. The molecule has 1 aromatic rings. The molecule has 17 heavy (non-hydrogen) atoms. The zero-order valence-electron chi connectivity index (χ0n) is 10.5. The largest absolute Gasteiger partial charge is 0.399 e. The van der Waals surface area contributed by atoms with Gasteiger partial charge >= 0.3 is 0 Å². The number of anilines is 1. The number of halogens is 1. The summed E-state index contributed by atoms with van der Waals surface area (Å²) in [4.78, 5) is 12.3. The van der Waals surface area contributed by atoms with E-state index in [1.807, 2.05) is 6.92 Å². The van der Waals surface area contributed by atoms with Crippen LogP contribution in [-0.2, 0) is 0 Å². The number of hydrogen-bond donors (Lipinski definition) is 1. The van der Waals surface area contributed by atoms with Gasteiger partial charge in [0.2, 0.25) is 0 Å². The Balaban J connectivity index is 2.86. The number of rotatable bonds is 6. The van der Waals surface area contributed by atoms with Gasteiger partial charge in [0, 0.05) is 17.2 Å². The maximum atomic E-state index is 12.3. The first-order valence-electron chi connectivity index (χ1n) is 6.19. The number of nitrogen functional groups attached to an aromatic ring is 1. The Kier molecular flexibility index (Phi) is 5.49. The normalized spacial score (nSPS) is 12.4. The summed E-state index contributed by atoms with van der Waals surface area (Å²) in [7, 11) is 0. The van der Waals surface area contributed by atoms with Crippen molar-refractivity contribution in [1.29, 1.82) is 0 Å². The van der Waals surface area contributed by atoms with E-state index in [2.05, 4.69) is 6.92 Å². The fourth-order valence-electron chi connectivity index (χ4n) is 1.92. The van der Waals surface area contributed by atoms with E-state index in [1.54, 1.807) is 18.2 Å². The lowest BCUT2D eigenvalue weighted by Crippen LogP contribution is -2.14. The van der Waals surface area contributed by atoms with Crippen LogP contribution < -0.4 is 5.73 Å². The molecular weight excluding hydrogens is 234 g/mol. The monoisotopic (exact) mass is 253 g/mol. The van der Waals surface area contributed by atoms with Crippen LogP contribution in [0.15, 0.2) is 18.2 Å². The summed E-state index contributed by atoms with van der Waals surface area (Å²) in [5.74, 6) is 0.224. The van der Waals surface area contributed by atoms with Crippen molar-refractivity contribution < 1.29 is 4.79 Å². The van der Waals surface area contributed by atoms with Gasteiger partial charge in [0.25, 0.3) is 0 Å². The standard InChI is InChI=1S/C14H20ClNO/c1-3-5-6-10(4-2)14(17)12-8-7-11(16)9-13(12)15/h7-10H,3-6,16H2,1-2H3. The summed E-state index contributed by atoms with van der Waals surface area (Å²) in [5, 5.41) is 0.463. The number of carbonyl (C=O) groups is 1. The Morgan fingerprint density at radius 2 is 2.12 bits per heavy atom. The Labute approximate surface area is 108 Å². The van der Waals surface area contributed by atoms with Gasteiger partial charge in [-0.25, -0.2) is 0 Å². The Morgan fingerprint density at radius 3 is 2.65 bits per heavy atom. The van der Waals surface area contributed by atoms with Crippen LogP contribution >= 0.6 is 11.6 Å². The topological polar surface area (TPSA) is 43.1 Å². The van der Waals surface area contributed by atoms with Crippen LogP contribution in [0.3, 0.4) is 0 Å². The molecule has 2 nitrogen and oxygen atoms in total. The molecule has 0 bridgehead atoms. The molecule has 2 N–H and O–H groups in total. The second-order valence-corrected chi connectivity index (χ2v) is 4.76. The van der Waals surface area contributed by atoms with Crippen LogP contribution in [0.5, 0.6) is 0 Å². The van der Waals surface area contributed by atoms with Crippen LogP contribution in [0.2, 0.25) is 5.02 Å². The van der Waals surface area contributed by atoms with Crippen molar-refractivity contribution in [2.24, 2.45) is 5.92 Å². The zero-order chi connectivity index (χ0) is 12.8. The lowest BCUT2D eigenvalue weighted by atomic mass is 9.90. The third-order valence-corrected chi connectivity index (χ3v) is 3.34. The molecule has 0 saturated carbocycles. The van der Waals surface area contributed by atoms with Gasteiger partial charge in [-0.15, -0.1) is 0 Å². The fourth-order valence-corrected chi connectivity index (χ4v) is 2.20. The molecule has 94 valence electrons. The maximum Gasteiger partial charge on any atom is 0.167 e. The molecule has 0 aromatic heterocycles. The average molecular weight is 254 g/mol. The van der Waals surface area contributed by atoms with Gasteiger partial charge in [-0.1, -0.05) is 38.3 Å². The van der Waals surface area contributed by atoms with Crippen LogP contribution in [-0.4, -0.2) is 5.78 Å². The molecule has 0 aliphatic heterocycles. The molecule has 0 aliphatic carbocycles. The van der Waals surface area contributed by atoms with E-state index in [0.717, 1.165) is 25.7 Å². The Morgan fingerprint density at radius 1 is 1.41 bits per heavy atom. The first kappa shape index (κ1) is 14.0. The fraction of sp³-hybridized carbons (Fsp3) is 0.500. The predicted molar refractivity (Wildman–Crippen MR) is 73.5 cm³/mol. The minimum Gasteiger partial charge on any atom is -0.399 e. The van der Waals surface area contributed by atoms with Gasteiger partial charge in [0.05, 0.1) is 5.02 Å². The number of unbranched alkanes of at least 4 members (excludes halogenated alkanes) is 1. The minimum atomic E-state index is 0.0797. The van der Waals surface area contributed by atoms with Crippen molar-refractivity contribution in [2.45, 2.75) is 39.5 Å². The quantitative estimate of drug-likeness (QED) is 0.606. The SMILES string of the molecule is CCCCC(CC)C(=O)c1ccc(N)cc1Cl. The molecule has 0 fully saturated rings. The highest BCUT2D eigenvalue weighted by molar-refractivity contribution is 6.34. The lowest BCUT2D eigenvalue weighted by Gasteiger charge is -2.14. The van der Waals surface area contributed by atoms with E-state index in [9.17, 15) is 4.79 Å².